The number of fused-ring (bicyclic) bond motifs is 1. The third kappa shape index (κ3) is 6.26. The molecule has 10 heteroatoms. The highest BCUT2D eigenvalue weighted by atomic mass is 35.5. The van der Waals surface area contributed by atoms with Crippen molar-refractivity contribution < 1.29 is 4.79 Å². The lowest BCUT2D eigenvalue weighted by atomic mass is 9.95. The molecule has 5 heterocycles. The van der Waals surface area contributed by atoms with Crippen LogP contribution in [0.5, 0.6) is 0 Å². The van der Waals surface area contributed by atoms with Crippen LogP contribution in [0.4, 0.5) is 5.82 Å². The maximum absolute atomic E-state index is 14.6. The van der Waals surface area contributed by atoms with Gasteiger partial charge in [0.05, 0.1) is 27.5 Å². The summed E-state index contributed by atoms with van der Waals surface area (Å²) in [4.78, 5) is 48.6. The SMILES string of the molecule is C=CC(=O)N1C[C@H](C)N(c2nc(=O)n(-c3c(CN4CCCC4)ccnc3C(C)C)c3nc(-c4ccccc4C(C)C)c(Cl)cc23)C[C@H]1C. The summed E-state index contributed by atoms with van der Waals surface area (Å²) < 4.78 is 1.68. The van der Waals surface area contributed by atoms with Crippen molar-refractivity contribution in [3.05, 3.63) is 87.6 Å². The fraction of sp³-hybridized carbons (Fsp3) is 0.447. The van der Waals surface area contributed by atoms with Crippen molar-refractivity contribution in [1.29, 1.82) is 0 Å². The number of amides is 1. The average Bonchev–Trinajstić information content (AvgIpc) is 3.58. The lowest BCUT2D eigenvalue weighted by molar-refractivity contribution is -0.128. The molecule has 2 aliphatic rings. The molecule has 0 aliphatic carbocycles. The van der Waals surface area contributed by atoms with E-state index < -0.39 is 5.69 Å². The minimum absolute atomic E-state index is 0.0462. The van der Waals surface area contributed by atoms with Gasteiger partial charge in [-0.05, 0) is 81.0 Å². The van der Waals surface area contributed by atoms with Crippen LogP contribution in [0.15, 0.2) is 60.0 Å². The molecule has 6 rings (SSSR count). The Morgan fingerprint density at radius 2 is 1.75 bits per heavy atom. The van der Waals surface area contributed by atoms with Gasteiger partial charge in [0.2, 0.25) is 5.91 Å². The predicted octanol–water partition coefficient (Wildman–Crippen LogP) is 6.95. The quantitative estimate of drug-likeness (QED) is 0.188. The van der Waals surface area contributed by atoms with Crippen molar-refractivity contribution in [2.45, 2.75) is 84.8 Å². The number of anilines is 1. The number of hydrogen-bond donors (Lipinski definition) is 0. The molecule has 0 N–H and O–H groups in total. The van der Waals surface area contributed by atoms with Crippen molar-refractivity contribution in [2.75, 3.05) is 31.1 Å². The number of likely N-dealkylation sites (tertiary alicyclic amines) is 1. The maximum Gasteiger partial charge on any atom is 0.355 e. The smallest absolute Gasteiger partial charge is 0.349 e. The number of benzene rings is 1. The maximum atomic E-state index is 14.6. The molecule has 9 nitrogen and oxygen atoms in total. The van der Waals surface area contributed by atoms with E-state index in [-0.39, 0.29) is 29.8 Å². The van der Waals surface area contributed by atoms with Crippen molar-refractivity contribution in [1.82, 2.24) is 29.3 Å². The Labute approximate surface area is 288 Å². The number of carbonyl (C=O) groups is 1. The first-order valence-electron chi connectivity index (χ1n) is 17.1. The van der Waals surface area contributed by atoms with Crippen molar-refractivity contribution in [3.8, 4) is 16.9 Å². The second-order valence-corrected chi connectivity index (χ2v) is 14.3. The summed E-state index contributed by atoms with van der Waals surface area (Å²) in [5.41, 5.74) is 5.34. The lowest BCUT2D eigenvalue weighted by Crippen LogP contribution is -2.58. The first kappa shape index (κ1) is 33.8. The number of aromatic nitrogens is 4. The van der Waals surface area contributed by atoms with E-state index in [0.717, 1.165) is 54.0 Å². The topological polar surface area (TPSA) is 87.5 Å². The molecule has 2 fully saturated rings. The van der Waals surface area contributed by atoms with E-state index in [0.29, 0.717) is 47.2 Å². The molecule has 2 aliphatic heterocycles. The zero-order chi connectivity index (χ0) is 34.3. The molecular weight excluding hydrogens is 622 g/mol. The molecule has 0 unspecified atom stereocenters. The van der Waals surface area contributed by atoms with E-state index in [1.807, 2.05) is 55.3 Å². The average molecular weight is 668 g/mol. The second-order valence-electron chi connectivity index (χ2n) is 13.9. The molecule has 3 aromatic heterocycles. The van der Waals surface area contributed by atoms with Crippen LogP contribution in [0.25, 0.3) is 28.0 Å². The van der Waals surface area contributed by atoms with Gasteiger partial charge >= 0.3 is 5.69 Å². The van der Waals surface area contributed by atoms with E-state index in [4.69, 9.17) is 26.6 Å². The van der Waals surface area contributed by atoms with Crippen molar-refractivity contribution >= 4 is 34.4 Å². The minimum Gasteiger partial charge on any atom is -0.349 e. The molecule has 0 saturated carbocycles. The van der Waals surface area contributed by atoms with Crippen LogP contribution >= 0.6 is 11.6 Å². The zero-order valence-electron chi connectivity index (χ0n) is 28.9. The lowest BCUT2D eigenvalue weighted by Gasteiger charge is -2.44. The van der Waals surface area contributed by atoms with Gasteiger partial charge < -0.3 is 9.80 Å². The van der Waals surface area contributed by atoms with E-state index in [1.165, 1.54) is 6.08 Å². The number of rotatable bonds is 8. The van der Waals surface area contributed by atoms with Crippen LogP contribution in [0, 0.1) is 0 Å². The van der Waals surface area contributed by atoms with Gasteiger partial charge in [-0.1, -0.05) is 70.1 Å². The summed E-state index contributed by atoms with van der Waals surface area (Å²) in [5.74, 6) is 0.693. The highest BCUT2D eigenvalue weighted by Gasteiger charge is 2.34. The van der Waals surface area contributed by atoms with Crippen LogP contribution in [0.1, 0.15) is 83.0 Å². The number of halogens is 1. The van der Waals surface area contributed by atoms with Gasteiger partial charge in [-0.15, -0.1) is 0 Å². The van der Waals surface area contributed by atoms with E-state index in [9.17, 15) is 9.59 Å². The van der Waals surface area contributed by atoms with Gasteiger partial charge in [-0.3, -0.25) is 14.7 Å². The summed E-state index contributed by atoms with van der Waals surface area (Å²) in [5, 5.41) is 1.16. The highest BCUT2D eigenvalue weighted by molar-refractivity contribution is 6.34. The van der Waals surface area contributed by atoms with Gasteiger partial charge in [-0.25, -0.2) is 14.3 Å². The molecule has 0 radical (unpaired) electrons. The second kappa shape index (κ2) is 13.8. The molecule has 1 aromatic carbocycles. The number of hydrogen-bond acceptors (Lipinski definition) is 7. The first-order valence-corrected chi connectivity index (χ1v) is 17.5. The van der Waals surface area contributed by atoms with E-state index in [1.54, 1.807) is 4.57 Å². The Balaban J connectivity index is 1.65. The number of nitrogens with zero attached hydrogens (tertiary/aromatic N) is 7. The molecule has 1 amide bonds. The third-order valence-corrected chi connectivity index (χ3v) is 10.0. The predicted molar refractivity (Wildman–Crippen MR) is 194 cm³/mol. The van der Waals surface area contributed by atoms with Gasteiger partial charge in [0.25, 0.3) is 0 Å². The van der Waals surface area contributed by atoms with Gasteiger partial charge in [0, 0.05) is 43.5 Å². The molecular formula is C38H46ClN7O2. The van der Waals surface area contributed by atoms with Crippen molar-refractivity contribution in [2.24, 2.45) is 0 Å². The summed E-state index contributed by atoms with van der Waals surface area (Å²) in [6, 6.07) is 11.9. The molecule has 0 spiro atoms. The Kier molecular flexibility index (Phi) is 9.72. The molecule has 48 heavy (non-hydrogen) atoms. The summed E-state index contributed by atoms with van der Waals surface area (Å²) in [6.45, 7) is 20.0. The third-order valence-electron chi connectivity index (χ3n) is 9.75. The monoisotopic (exact) mass is 667 g/mol. The van der Waals surface area contributed by atoms with Crippen LogP contribution in [0.3, 0.4) is 0 Å². The van der Waals surface area contributed by atoms with Crippen LogP contribution < -0.4 is 10.6 Å². The van der Waals surface area contributed by atoms with Crippen molar-refractivity contribution in [3.63, 3.8) is 0 Å². The van der Waals surface area contributed by atoms with Gasteiger partial charge in [0.15, 0.2) is 5.65 Å². The van der Waals surface area contributed by atoms with E-state index in [2.05, 4.69) is 50.1 Å². The standard InChI is InChI=1S/C38H46ClN7O2/c1-8-32(47)44-20-26(7)45(21-25(44)6)36-30-19-31(39)34(29-14-10-9-13-28(29)23(2)3)41-37(30)46(38(48)42-36)35-27(22-43-17-11-12-18-43)15-16-40-33(35)24(4)5/h8-10,13-16,19,23-26H,1,11-12,17-18,20-22H2,2-7H3/t25-,26+/m1/s1. The Hall–Kier alpha value is -4.08. The van der Waals surface area contributed by atoms with E-state index >= 15 is 0 Å². The summed E-state index contributed by atoms with van der Waals surface area (Å²) >= 11 is 7.16. The number of pyridine rings is 2. The van der Waals surface area contributed by atoms with Crippen LogP contribution in [-0.4, -0.2) is 73.5 Å². The number of carbonyl (C=O) groups excluding carboxylic acids is 1. The molecule has 0 bridgehead atoms. The molecule has 252 valence electrons. The fourth-order valence-electron chi connectivity index (χ4n) is 7.28. The Morgan fingerprint density at radius 1 is 1.02 bits per heavy atom. The molecule has 2 atom stereocenters. The van der Waals surface area contributed by atoms with Gasteiger partial charge in [-0.2, -0.15) is 4.98 Å². The molecule has 2 saturated heterocycles. The highest BCUT2D eigenvalue weighted by Crippen LogP contribution is 2.38. The summed E-state index contributed by atoms with van der Waals surface area (Å²) in [6.07, 6.45) is 5.53. The normalized spacial score (nSPS) is 18.8. The van der Waals surface area contributed by atoms with Crippen LogP contribution in [0.2, 0.25) is 5.02 Å². The largest absolute Gasteiger partial charge is 0.355 e. The fourth-order valence-corrected chi connectivity index (χ4v) is 7.53. The molecule has 4 aromatic rings. The Morgan fingerprint density at radius 3 is 2.44 bits per heavy atom. The first-order chi connectivity index (χ1) is 23.0. The Bertz CT molecular complexity index is 1910. The van der Waals surface area contributed by atoms with Gasteiger partial charge in [0.1, 0.15) is 5.82 Å². The summed E-state index contributed by atoms with van der Waals surface area (Å²) in [7, 11) is 0. The van der Waals surface area contributed by atoms with Crippen LogP contribution in [-0.2, 0) is 11.3 Å². The number of piperazine rings is 1. The minimum atomic E-state index is -0.419. The zero-order valence-corrected chi connectivity index (χ0v) is 29.7.